The lowest BCUT2D eigenvalue weighted by molar-refractivity contribution is 0.0964. The topological polar surface area (TPSA) is 127 Å². The van der Waals surface area contributed by atoms with Gasteiger partial charge in [-0.3, -0.25) is 15.6 Å². The first kappa shape index (κ1) is 20.5. The van der Waals surface area contributed by atoms with E-state index in [2.05, 4.69) is 31.1 Å². The molecule has 0 radical (unpaired) electrons. The number of rotatable bonds is 6. The minimum atomic E-state index is -0.306. The van der Waals surface area contributed by atoms with Crippen LogP contribution in [0.4, 0.5) is 22.5 Å². The van der Waals surface area contributed by atoms with Gasteiger partial charge in [0.2, 0.25) is 0 Å². The van der Waals surface area contributed by atoms with Gasteiger partial charge in [-0.2, -0.15) is 0 Å². The van der Waals surface area contributed by atoms with Gasteiger partial charge >= 0.3 is 0 Å². The fraction of sp³-hybridized carbons (Fsp3) is 0.0435. The number of thiazole rings is 1. The molecule has 2 aromatic heterocycles. The SMILES string of the molecule is COc1ccc2nc(Nc3ncnc(NNC(=O)c4cccc5ccccc45)c3N)sc2c1. The summed E-state index contributed by atoms with van der Waals surface area (Å²) in [6, 6.07) is 18.9. The molecule has 33 heavy (non-hydrogen) atoms. The van der Waals surface area contributed by atoms with E-state index in [0.717, 1.165) is 26.7 Å². The number of anilines is 4. The first-order valence-corrected chi connectivity index (χ1v) is 10.8. The largest absolute Gasteiger partial charge is 0.497 e. The summed E-state index contributed by atoms with van der Waals surface area (Å²) in [5, 5.41) is 5.57. The minimum Gasteiger partial charge on any atom is -0.497 e. The molecule has 2 heterocycles. The predicted molar refractivity (Wildman–Crippen MR) is 131 cm³/mol. The van der Waals surface area contributed by atoms with E-state index in [0.29, 0.717) is 16.5 Å². The van der Waals surface area contributed by atoms with Gasteiger partial charge in [0.05, 0.1) is 17.3 Å². The molecule has 5 N–H and O–H groups in total. The predicted octanol–water partition coefficient (Wildman–Crippen LogP) is 4.33. The number of fused-ring (bicyclic) bond motifs is 2. The zero-order valence-electron chi connectivity index (χ0n) is 17.5. The zero-order chi connectivity index (χ0) is 22.8. The Morgan fingerprint density at radius 3 is 2.73 bits per heavy atom. The number of amides is 1. The van der Waals surface area contributed by atoms with Gasteiger partial charge in [0.25, 0.3) is 5.91 Å². The summed E-state index contributed by atoms with van der Waals surface area (Å²) in [5.41, 5.74) is 13.3. The average Bonchev–Trinajstić information content (AvgIpc) is 3.25. The molecule has 0 fully saturated rings. The third-order valence-electron chi connectivity index (χ3n) is 5.03. The van der Waals surface area contributed by atoms with Gasteiger partial charge in [0.15, 0.2) is 16.8 Å². The molecule has 164 valence electrons. The number of aromatic nitrogens is 3. The lowest BCUT2D eigenvalue weighted by Gasteiger charge is -2.13. The Morgan fingerprint density at radius 1 is 1.03 bits per heavy atom. The van der Waals surface area contributed by atoms with Crippen molar-refractivity contribution in [2.45, 2.75) is 0 Å². The van der Waals surface area contributed by atoms with Gasteiger partial charge in [-0.1, -0.05) is 47.7 Å². The van der Waals surface area contributed by atoms with Crippen molar-refractivity contribution in [1.82, 2.24) is 20.4 Å². The Bertz CT molecular complexity index is 1480. The van der Waals surface area contributed by atoms with E-state index < -0.39 is 0 Å². The van der Waals surface area contributed by atoms with Crippen LogP contribution in [0.25, 0.3) is 21.0 Å². The molecule has 0 aliphatic heterocycles. The molecule has 0 unspecified atom stereocenters. The highest BCUT2D eigenvalue weighted by atomic mass is 32.1. The molecule has 0 bridgehead atoms. The third kappa shape index (κ3) is 4.06. The molecule has 0 aliphatic carbocycles. The van der Waals surface area contributed by atoms with Crippen molar-refractivity contribution < 1.29 is 9.53 Å². The van der Waals surface area contributed by atoms with Crippen molar-refractivity contribution >= 4 is 60.7 Å². The maximum atomic E-state index is 12.8. The van der Waals surface area contributed by atoms with Crippen LogP contribution in [0.3, 0.4) is 0 Å². The van der Waals surface area contributed by atoms with Gasteiger partial charge in [-0.05, 0) is 35.0 Å². The summed E-state index contributed by atoms with van der Waals surface area (Å²) in [6.45, 7) is 0. The Balaban J connectivity index is 1.34. The quantitative estimate of drug-likeness (QED) is 0.278. The van der Waals surface area contributed by atoms with E-state index in [1.54, 1.807) is 13.2 Å². The molecular formula is C23H19N7O2S. The number of nitrogens with zero attached hydrogens (tertiary/aromatic N) is 3. The second-order valence-electron chi connectivity index (χ2n) is 7.07. The molecular weight excluding hydrogens is 438 g/mol. The van der Waals surface area contributed by atoms with Crippen molar-refractivity contribution in [1.29, 1.82) is 0 Å². The highest BCUT2D eigenvalue weighted by molar-refractivity contribution is 7.22. The maximum absolute atomic E-state index is 12.8. The fourth-order valence-electron chi connectivity index (χ4n) is 3.39. The second-order valence-corrected chi connectivity index (χ2v) is 8.10. The number of ether oxygens (including phenoxy) is 1. The molecule has 1 amide bonds. The Morgan fingerprint density at radius 2 is 1.85 bits per heavy atom. The smallest absolute Gasteiger partial charge is 0.270 e. The van der Waals surface area contributed by atoms with Gasteiger partial charge in [-0.15, -0.1) is 0 Å². The molecule has 5 aromatic rings. The molecule has 10 heteroatoms. The van der Waals surface area contributed by atoms with Crippen molar-refractivity contribution in [2.24, 2.45) is 0 Å². The van der Waals surface area contributed by atoms with Crippen molar-refractivity contribution in [2.75, 3.05) is 23.6 Å². The van der Waals surface area contributed by atoms with Crippen molar-refractivity contribution in [3.63, 3.8) is 0 Å². The van der Waals surface area contributed by atoms with E-state index in [1.807, 2.05) is 54.6 Å². The average molecular weight is 458 g/mol. The van der Waals surface area contributed by atoms with E-state index in [4.69, 9.17) is 10.5 Å². The van der Waals surface area contributed by atoms with Gasteiger partial charge in [0.1, 0.15) is 17.8 Å². The molecule has 0 atom stereocenters. The monoisotopic (exact) mass is 457 g/mol. The van der Waals surface area contributed by atoms with Crippen LogP contribution in [0.2, 0.25) is 0 Å². The minimum absolute atomic E-state index is 0.243. The first-order valence-electron chi connectivity index (χ1n) is 9.98. The summed E-state index contributed by atoms with van der Waals surface area (Å²) < 4.78 is 6.22. The van der Waals surface area contributed by atoms with Crippen LogP contribution in [0.15, 0.2) is 67.0 Å². The lowest BCUT2D eigenvalue weighted by Crippen LogP contribution is -2.30. The summed E-state index contributed by atoms with van der Waals surface area (Å²) in [6.07, 6.45) is 1.35. The Labute approximate surface area is 192 Å². The Hall–Kier alpha value is -4.44. The van der Waals surface area contributed by atoms with Crippen LogP contribution >= 0.6 is 11.3 Å². The van der Waals surface area contributed by atoms with Crippen LogP contribution in [0.5, 0.6) is 5.75 Å². The number of carbonyl (C=O) groups is 1. The fourth-order valence-corrected chi connectivity index (χ4v) is 4.28. The van der Waals surface area contributed by atoms with E-state index in [1.165, 1.54) is 17.7 Å². The number of nitrogens with one attached hydrogen (secondary N) is 3. The standard InChI is InChI=1S/C23H19N7O2S/c1-32-14-9-10-17-18(11-14)33-23(27-17)28-20-19(24)21(26-12-25-20)29-30-22(31)16-8-4-6-13-5-2-3-7-15(13)16/h2-12H,24H2,1H3,(H,30,31)(H2,25,26,27,28,29). The van der Waals surface area contributed by atoms with Crippen LogP contribution in [0.1, 0.15) is 10.4 Å². The number of nitrogens with two attached hydrogens (primary N) is 1. The number of methoxy groups -OCH3 is 1. The molecule has 3 aromatic carbocycles. The third-order valence-corrected chi connectivity index (χ3v) is 5.97. The number of nitrogen functional groups attached to an aromatic ring is 1. The number of hydrazine groups is 1. The zero-order valence-corrected chi connectivity index (χ0v) is 18.3. The molecule has 0 saturated carbocycles. The Kier molecular flexibility index (Phi) is 5.33. The van der Waals surface area contributed by atoms with Gasteiger partial charge < -0.3 is 15.8 Å². The van der Waals surface area contributed by atoms with Crippen molar-refractivity contribution in [3.8, 4) is 5.75 Å². The van der Waals surface area contributed by atoms with Crippen LogP contribution < -0.4 is 26.6 Å². The summed E-state index contributed by atoms with van der Waals surface area (Å²) >= 11 is 1.44. The van der Waals surface area contributed by atoms with E-state index >= 15 is 0 Å². The van der Waals surface area contributed by atoms with E-state index in [-0.39, 0.29) is 17.4 Å². The number of hydrogen-bond donors (Lipinski definition) is 4. The first-order chi connectivity index (χ1) is 16.1. The second kappa shape index (κ2) is 8.60. The molecule has 9 nitrogen and oxygen atoms in total. The van der Waals surface area contributed by atoms with Crippen LogP contribution in [-0.2, 0) is 0 Å². The number of hydrogen-bond acceptors (Lipinski definition) is 9. The highest BCUT2D eigenvalue weighted by Gasteiger charge is 2.14. The number of benzene rings is 3. The highest BCUT2D eigenvalue weighted by Crippen LogP contribution is 2.32. The lowest BCUT2D eigenvalue weighted by atomic mass is 10.0. The summed E-state index contributed by atoms with van der Waals surface area (Å²) in [7, 11) is 1.62. The number of carbonyl (C=O) groups excluding carboxylic acids is 1. The molecule has 0 aliphatic rings. The molecule has 5 rings (SSSR count). The molecule has 0 saturated heterocycles. The van der Waals surface area contributed by atoms with Gasteiger partial charge in [0, 0.05) is 5.56 Å². The maximum Gasteiger partial charge on any atom is 0.270 e. The van der Waals surface area contributed by atoms with Crippen LogP contribution in [0, 0.1) is 0 Å². The van der Waals surface area contributed by atoms with E-state index in [9.17, 15) is 4.79 Å². The molecule has 0 spiro atoms. The summed E-state index contributed by atoms with van der Waals surface area (Å²) in [4.78, 5) is 25.7. The van der Waals surface area contributed by atoms with Crippen molar-refractivity contribution in [3.05, 3.63) is 72.6 Å². The van der Waals surface area contributed by atoms with Crippen LogP contribution in [-0.4, -0.2) is 28.0 Å². The normalized spacial score (nSPS) is 10.8. The van der Waals surface area contributed by atoms with Gasteiger partial charge in [-0.25, -0.2) is 15.0 Å². The summed E-state index contributed by atoms with van der Waals surface area (Å²) in [5.74, 6) is 1.09.